The lowest BCUT2D eigenvalue weighted by Gasteiger charge is -2.49. The van der Waals surface area contributed by atoms with Crippen LogP contribution in [0.2, 0.25) is 0 Å². The van der Waals surface area contributed by atoms with Gasteiger partial charge in [-0.15, -0.1) is 0 Å². The lowest BCUT2D eigenvalue weighted by atomic mass is 9.71. The van der Waals surface area contributed by atoms with Crippen molar-refractivity contribution >= 4 is 11.9 Å². The predicted octanol–water partition coefficient (Wildman–Crippen LogP) is 2.55. The van der Waals surface area contributed by atoms with E-state index in [-0.39, 0.29) is 11.3 Å². The average molecular weight is 422 g/mol. The first kappa shape index (κ1) is 20.4. The van der Waals surface area contributed by atoms with E-state index in [2.05, 4.69) is 16.8 Å². The largest absolute Gasteiger partial charge is 0.391 e. The monoisotopic (exact) mass is 421 g/mol. The number of aliphatic hydroxyl groups is 1. The Labute approximate surface area is 183 Å². The van der Waals surface area contributed by atoms with Gasteiger partial charge in [0.05, 0.1) is 11.7 Å². The number of fused-ring (bicyclic) bond motifs is 1. The van der Waals surface area contributed by atoms with Gasteiger partial charge in [-0.25, -0.2) is 9.97 Å². The second kappa shape index (κ2) is 8.19. The van der Waals surface area contributed by atoms with Gasteiger partial charge in [0.25, 0.3) is 5.91 Å². The van der Waals surface area contributed by atoms with E-state index in [0.717, 1.165) is 56.8 Å². The summed E-state index contributed by atoms with van der Waals surface area (Å²) in [5.74, 6) is 0.815. The Bertz CT molecular complexity index is 956. The number of anilines is 1. The van der Waals surface area contributed by atoms with E-state index in [1.165, 1.54) is 24.1 Å². The summed E-state index contributed by atoms with van der Waals surface area (Å²) in [6.45, 7) is 4.92. The zero-order valence-corrected chi connectivity index (χ0v) is 18.3. The molecule has 0 aromatic carbocycles. The smallest absolute Gasteiger partial charge is 0.255 e. The molecule has 1 atom stereocenters. The van der Waals surface area contributed by atoms with Crippen LogP contribution in [-0.4, -0.2) is 63.1 Å². The van der Waals surface area contributed by atoms with Crippen LogP contribution in [0.1, 0.15) is 59.4 Å². The van der Waals surface area contributed by atoms with Crippen molar-refractivity contribution in [2.45, 2.75) is 58.0 Å². The fraction of sp³-hybridized carbons (Fsp3) is 0.583. The highest BCUT2D eigenvalue weighted by atomic mass is 16.3. The minimum Gasteiger partial charge on any atom is -0.391 e. The Morgan fingerprint density at radius 2 is 2.00 bits per heavy atom. The summed E-state index contributed by atoms with van der Waals surface area (Å²) in [6.07, 6.45) is 10.0. The van der Waals surface area contributed by atoms with Gasteiger partial charge in [-0.05, 0) is 75.0 Å². The van der Waals surface area contributed by atoms with Gasteiger partial charge in [0.1, 0.15) is 0 Å². The van der Waals surface area contributed by atoms with Crippen LogP contribution in [-0.2, 0) is 12.8 Å². The number of carbonyl (C=O) groups excluding carboxylic acids is 1. The number of β-amino-alcohol motifs (C(OH)–C–C–N with tert-alkyl or cyclic N) is 1. The van der Waals surface area contributed by atoms with E-state index in [1.807, 2.05) is 4.90 Å². The fourth-order valence-electron chi connectivity index (χ4n) is 5.63. The van der Waals surface area contributed by atoms with Gasteiger partial charge < -0.3 is 14.9 Å². The molecule has 164 valence electrons. The predicted molar refractivity (Wildman–Crippen MR) is 118 cm³/mol. The maximum atomic E-state index is 13.0. The number of aryl methyl sites for hydroxylation is 2. The molecule has 7 nitrogen and oxygen atoms in total. The highest BCUT2D eigenvalue weighted by Crippen LogP contribution is 2.41. The average Bonchev–Trinajstić information content (AvgIpc) is 2.79. The summed E-state index contributed by atoms with van der Waals surface area (Å²) >= 11 is 0. The number of nitrogens with zero attached hydrogens (tertiary/aromatic N) is 5. The molecule has 0 saturated carbocycles. The van der Waals surface area contributed by atoms with Crippen LogP contribution in [0.3, 0.4) is 0 Å². The Morgan fingerprint density at radius 3 is 2.77 bits per heavy atom. The number of piperidine rings is 2. The molecule has 2 aromatic heterocycles. The zero-order valence-electron chi connectivity index (χ0n) is 18.3. The van der Waals surface area contributed by atoms with Crippen molar-refractivity contribution in [1.29, 1.82) is 0 Å². The molecule has 0 radical (unpaired) electrons. The molecule has 2 aliphatic heterocycles. The van der Waals surface area contributed by atoms with Crippen molar-refractivity contribution in [3.8, 4) is 0 Å². The molecule has 2 aromatic rings. The van der Waals surface area contributed by atoms with Gasteiger partial charge in [-0.2, -0.15) is 0 Å². The van der Waals surface area contributed by atoms with Crippen molar-refractivity contribution < 1.29 is 9.90 Å². The van der Waals surface area contributed by atoms with Gasteiger partial charge in [-0.3, -0.25) is 9.78 Å². The van der Waals surface area contributed by atoms with Gasteiger partial charge in [0, 0.05) is 50.0 Å². The first-order chi connectivity index (χ1) is 15.0. The molecule has 3 aliphatic rings. The molecule has 1 aliphatic carbocycles. The molecule has 2 saturated heterocycles. The van der Waals surface area contributed by atoms with Crippen LogP contribution in [0.5, 0.6) is 0 Å². The summed E-state index contributed by atoms with van der Waals surface area (Å²) in [7, 11) is 0. The second-order valence-electron chi connectivity index (χ2n) is 9.51. The van der Waals surface area contributed by atoms with Crippen LogP contribution < -0.4 is 4.90 Å². The number of hydrogen-bond donors (Lipinski definition) is 1. The number of aliphatic hydroxyl groups excluding tert-OH is 1. The van der Waals surface area contributed by atoms with E-state index in [0.29, 0.717) is 18.7 Å². The lowest BCUT2D eigenvalue weighted by molar-refractivity contribution is -0.0151. The minimum atomic E-state index is -0.483. The summed E-state index contributed by atoms with van der Waals surface area (Å²) in [4.78, 5) is 30.9. The molecule has 0 bridgehead atoms. The topological polar surface area (TPSA) is 82.5 Å². The molecule has 5 rings (SSSR count). The number of carbonyl (C=O) groups is 1. The Kier molecular flexibility index (Phi) is 5.38. The van der Waals surface area contributed by atoms with Crippen LogP contribution in [0.25, 0.3) is 0 Å². The van der Waals surface area contributed by atoms with E-state index < -0.39 is 6.10 Å². The van der Waals surface area contributed by atoms with Gasteiger partial charge in [-0.1, -0.05) is 0 Å². The number of hydrogen-bond acceptors (Lipinski definition) is 6. The van der Waals surface area contributed by atoms with E-state index in [9.17, 15) is 9.90 Å². The highest BCUT2D eigenvalue weighted by molar-refractivity contribution is 5.94. The third-order valence-corrected chi connectivity index (χ3v) is 7.31. The Hall–Kier alpha value is -2.54. The summed E-state index contributed by atoms with van der Waals surface area (Å²) in [6, 6.07) is 3.57. The zero-order chi connectivity index (χ0) is 21.4. The Balaban J connectivity index is 1.30. The molecule has 31 heavy (non-hydrogen) atoms. The van der Waals surface area contributed by atoms with E-state index in [4.69, 9.17) is 9.97 Å². The molecule has 1 unspecified atom stereocenters. The van der Waals surface area contributed by atoms with Crippen molar-refractivity contribution in [3.63, 3.8) is 0 Å². The SMILES string of the molecule is Cc1nc(N2CCC3(CC2)CC(O)CN(C(=O)c2cccnc2)C3)nc2c1CCCC2. The molecule has 7 heteroatoms. The molecule has 2 fully saturated rings. The van der Waals surface area contributed by atoms with E-state index in [1.54, 1.807) is 24.5 Å². The number of rotatable bonds is 2. The minimum absolute atomic E-state index is 0.0395. The van der Waals surface area contributed by atoms with Crippen LogP contribution in [0, 0.1) is 12.3 Å². The fourth-order valence-corrected chi connectivity index (χ4v) is 5.63. The third kappa shape index (κ3) is 4.03. The van der Waals surface area contributed by atoms with Gasteiger partial charge in [0.15, 0.2) is 0 Å². The van der Waals surface area contributed by atoms with Crippen molar-refractivity contribution in [3.05, 3.63) is 47.0 Å². The van der Waals surface area contributed by atoms with Crippen LogP contribution in [0.15, 0.2) is 24.5 Å². The highest BCUT2D eigenvalue weighted by Gasteiger charge is 2.43. The Morgan fingerprint density at radius 1 is 1.19 bits per heavy atom. The molecule has 4 heterocycles. The quantitative estimate of drug-likeness (QED) is 0.803. The molecule has 1 amide bonds. The lowest BCUT2D eigenvalue weighted by Crippen LogP contribution is -2.55. The summed E-state index contributed by atoms with van der Waals surface area (Å²) in [5, 5.41) is 10.6. The number of aromatic nitrogens is 3. The van der Waals surface area contributed by atoms with Crippen LogP contribution >= 0.6 is 0 Å². The first-order valence-corrected chi connectivity index (χ1v) is 11.5. The third-order valence-electron chi connectivity index (χ3n) is 7.31. The number of likely N-dealkylation sites (tertiary alicyclic amines) is 1. The van der Waals surface area contributed by atoms with Gasteiger partial charge >= 0.3 is 0 Å². The summed E-state index contributed by atoms with van der Waals surface area (Å²) in [5.41, 5.74) is 4.25. The first-order valence-electron chi connectivity index (χ1n) is 11.5. The molecule has 1 N–H and O–H groups in total. The second-order valence-corrected chi connectivity index (χ2v) is 9.51. The maximum absolute atomic E-state index is 13.0. The van der Waals surface area contributed by atoms with E-state index >= 15 is 0 Å². The van der Waals surface area contributed by atoms with Crippen molar-refractivity contribution in [2.75, 3.05) is 31.1 Å². The van der Waals surface area contributed by atoms with Crippen molar-refractivity contribution in [2.24, 2.45) is 5.41 Å². The normalized spacial score (nSPS) is 23.0. The molecular weight excluding hydrogens is 390 g/mol. The standard InChI is InChI=1S/C24H31N5O2/c1-17-20-6-2-3-7-21(20)27-23(26-17)28-11-8-24(9-12-28)13-19(30)15-29(16-24)22(31)18-5-4-10-25-14-18/h4-5,10,14,19,30H,2-3,6-9,11-13,15-16H2,1H3. The van der Waals surface area contributed by atoms with Crippen molar-refractivity contribution in [1.82, 2.24) is 19.9 Å². The maximum Gasteiger partial charge on any atom is 0.255 e. The summed E-state index contributed by atoms with van der Waals surface area (Å²) < 4.78 is 0. The number of amides is 1. The molecule has 1 spiro atoms. The van der Waals surface area contributed by atoms with Gasteiger partial charge in [0.2, 0.25) is 5.95 Å². The van der Waals surface area contributed by atoms with Crippen LogP contribution in [0.4, 0.5) is 5.95 Å². The molecular formula is C24H31N5O2. The number of pyridine rings is 1.